The van der Waals surface area contributed by atoms with E-state index in [1.165, 1.54) is 0 Å². The molecule has 6 heteroatoms. The van der Waals surface area contributed by atoms with Gasteiger partial charge in [-0.3, -0.25) is 9.59 Å². The van der Waals surface area contributed by atoms with Crippen molar-refractivity contribution in [1.29, 1.82) is 0 Å². The third kappa shape index (κ3) is 3.88. The second kappa shape index (κ2) is 7.31. The number of rotatable bonds is 5. The topological polar surface area (TPSA) is 66.0 Å². The molecule has 0 radical (unpaired) electrons. The standard InChI is InChI=1S/C16H18N4O2/c1-19-11-5-3-7-13(19)15(21)17-9-10-18-16(22)14-8-4-6-12-20(14)2/h3-8,11-12H,9-10H2,1-2H3/p+2. The number of carbonyl (C=O) groups excluding carboxylic acids is 2. The first-order valence-corrected chi connectivity index (χ1v) is 7.05. The van der Waals surface area contributed by atoms with Crippen LogP contribution >= 0.6 is 0 Å². The van der Waals surface area contributed by atoms with E-state index >= 15 is 0 Å². The predicted octanol–water partition coefficient (Wildman–Crippen LogP) is -0.505. The zero-order chi connectivity index (χ0) is 15.9. The number of nitrogens with zero attached hydrogens (tertiary/aromatic N) is 2. The summed E-state index contributed by atoms with van der Waals surface area (Å²) in [7, 11) is 3.62. The molecule has 6 nitrogen and oxygen atoms in total. The van der Waals surface area contributed by atoms with Gasteiger partial charge in [0.2, 0.25) is 0 Å². The number of aromatic nitrogens is 2. The van der Waals surface area contributed by atoms with E-state index in [9.17, 15) is 9.59 Å². The molecule has 0 aromatic carbocycles. The molecule has 0 spiro atoms. The van der Waals surface area contributed by atoms with Crippen LogP contribution in [0.25, 0.3) is 0 Å². The van der Waals surface area contributed by atoms with E-state index in [2.05, 4.69) is 10.6 Å². The molecule has 0 aliphatic carbocycles. The second-order valence-electron chi connectivity index (χ2n) is 4.91. The lowest BCUT2D eigenvalue weighted by Gasteiger charge is -2.05. The molecule has 0 saturated heterocycles. The third-order valence-corrected chi connectivity index (χ3v) is 3.27. The van der Waals surface area contributed by atoms with Gasteiger partial charge in [-0.2, -0.15) is 9.13 Å². The van der Waals surface area contributed by atoms with Crippen LogP contribution in [0, 0.1) is 0 Å². The van der Waals surface area contributed by atoms with Crippen molar-refractivity contribution in [1.82, 2.24) is 10.6 Å². The number of nitrogens with one attached hydrogen (secondary N) is 2. The van der Waals surface area contributed by atoms with Crippen molar-refractivity contribution in [2.75, 3.05) is 13.1 Å². The molecule has 0 bridgehead atoms. The molecule has 0 aliphatic heterocycles. The maximum absolute atomic E-state index is 12.0. The zero-order valence-electron chi connectivity index (χ0n) is 12.7. The van der Waals surface area contributed by atoms with Gasteiger partial charge < -0.3 is 10.6 Å². The molecule has 22 heavy (non-hydrogen) atoms. The minimum Gasteiger partial charge on any atom is -0.345 e. The smallest absolute Gasteiger partial charge is 0.316 e. The molecule has 2 heterocycles. The molecule has 0 fully saturated rings. The Morgan fingerprint density at radius 2 is 1.23 bits per heavy atom. The summed E-state index contributed by atoms with van der Waals surface area (Å²) < 4.78 is 3.50. The van der Waals surface area contributed by atoms with Gasteiger partial charge >= 0.3 is 11.8 Å². The number of carbonyl (C=O) groups is 2. The van der Waals surface area contributed by atoms with Crippen molar-refractivity contribution in [2.24, 2.45) is 14.1 Å². The van der Waals surface area contributed by atoms with Crippen molar-refractivity contribution in [3.05, 3.63) is 60.2 Å². The maximum Gasteiger partial charge on any atom is 0.316 e. The Morgan fingerprint density at radius 3 is 1.59 bits per heavy atom. The third-order valence-electron chi connectivity index (χ3n) is 3.27. The molecule has 114 valence electrons. The SMILES string of the molecule is C[n+]1ccccc1C(=O)NCCNC(=O)c1cccc[n+]1C. The van der Waals surface area contributed by atoms with E-state index in [1.54, 1.807) is 21.3 Å². The lowest BCUT2D eigenvalue weighted by Crippen LogP contribution is -2.44. The quantitative estimate of drug-likeness (QED) is 0.577. The number of hydrogen-bond donors (Lipinski definition) is 2. The Hall–Kier alpha value is -2.76. The lowest BCUT2D eigenvalue weighted by molar-refractivity contribution is -0.673. The Balaban J connectivity index is 1.80. The minimum absolute atomic E-state index is 0.164. The van der Waals surface area contributed by atoms with Crippen LogP contribution in [0.2, 0.25) is 0 Å². The van der Waals surface area contributed by atoms with Crippen molar-refractivity contribution in [3.8, 4) is 0 Å². The van der Waals surface area contributed by atoms with Gasteiger partial charge in [-0.05, 0) is 12.1 Å². The van der Waals surface area contributed by atoms with E-state index in [0.29, 0.717) is 24.5 Å². The van der Waals surface area contributed by atoms with Gasteiger partial charge in [0.05, 0.1) is 0 Å². The fourth-order valence-electron chi connectivity index (χ4n) is 2.05. The highest BCUT2D eigenvalue weighted by atomic mass is 16.2. The van der Waals surface area contributed by atoms with Gasteiger partial charge in [0.25, 0.3) is 11.4 Å². The number of aryl methyl sites for hydroxylation is 2. The van der Waals surface area contributed by atoms with Gasteiger partial charge in [-0.15, -0.1) is 0 Å². The van der Waals surface area contributed by atoms with E-state index in [0.717, 1.165) is 0 Å². The first-order chi connectivity index (χ1) is 10.6. The number of hydrogen-bond acceptors (Lipinski definition) is 2. The summed E-state index contributed by atoms with van der Waals surface area (Å²) in [5.74, 6) is -0.328. The van der Waals surface area contributed by atoms with Crippen LogP contribution in [0.15, 0.2) is 48.8 Å². The fourth-order valence-corrected chi connectivity index (χ4v) is 2.05. The summed E-state index contributed by atoms with van der Waals surface area (Å²) in [6, 6.07) is 10.8. The largest absolute Gasteiger partial charge is 0.345 e. The zero-order valence-corrected chi connectivity index (χ0v) is 12.7. The van der Waals surface area contributed by atoms with Crippen LogP contribution < -0.4 is 19.8 Å². The molecule has 2 aromatic heterocycles. The van der Waals surface area contributed by atoms with Gasteiger partial charge in [0, 0.05) is 37.4 Å². The van der Waals surface area contributed by atoms with E-state index in [4.69, 9.17) is 0 Å². The molecular formula is C16H20N4O2+2. The first kappa shape index (κ1) is 15.6. The summed E-state index contributed by atoms with van der Waals surface area (Å²) in [6.07, 6.45) is 3.62. The molecule has 2 rings (SSSR count). The normalized spacial score (nSPS) is 10.1. The van der Waals surface area contributed by atoms with Crippen LogP contribution in [-0.2, 0) is 14.1 Å². The highest BCUT2D eigenvalue weighted by molar-refractivity contribution is 5.91. The number of pyridine rings is 2. The van der Waals surface area contributed by atoms with Gasteiger partial charge in [-0.1, -0.05) is 0 Å². The summed E-state index contributed by atoms with van der Waals surface area (Å²) >= 11 is 0. The van der Waals surface area contributed by atoms with Crippen molar-refractivity contribution in [3.63, 3.8) is 0 Å². The minimum atomic E-state index is -0.164. The Labute approximate surface area is 129 Å². The van der Waals surface area contributed by atoms with Crippen molar-refractivity contribution in [2.45, 2.75) is 0 Å². The van der Waals surface area contributed by atoms with Crippen LogP contribution in [0.4, 0.5) is 0 Å². The lowest BCUT2D eigenvalue weighted by atomic mass is 10.3. The predicted molar refractivity (Wildman–Crippen MR) is 79.9 cm³/mol. The van der Waals surface area contributed by atoms with Crippen molar-refractivity contribution >= 4 is 11.8 Å². The second-order valence-corrected chi connectivity index (χ2v) is 4.91. The summed E-state index contributed by atoms with van der Waals surface area (Å²) in [6.45, 7) is 0.742. The highest BCUT2D eigenvalue weighted by Crippen LogP contribution is 1.91. The molecule has 2 aromatic rings. The van der Waals surface area contributed by atoms with Crippen LogP contribution in [0.3, 0.4) is 0 Å². The maximum atomic E-state index is 12.0. The average Bonchev–Trinajstić information content (AvgIpc) is 2.52. The van der Waals surface area contributed by atoms with Crippen LogP contribution in [-0.4, -0.2) is 24.9 Å². The molecular weight excluding hydrogens is 280 g/mol. The van der Waals surface area contributed by atoms with Gasteiger partial charge in [0.15, 0.2) is 12.4 Å². The summed E-state index contributed by atoms with van der Waals surface area (Å²) in [4.78, 5) is 24.0. The van der Waals surface area contributed by atoms with E-state index in [-0.39, 0.29) is 11.8 Å². The monoisotopic (exact) mass is 300 g/mol. The van der Waals surface area contributed by atoms with Gasteiger partial charge in [-0.25, -0.2) is 0 Å². The highest BCUT2D eigenvalue weighted by Gasteiger charge is 2.16. The van der Waals surface area contributed by atoms with Crippen LogP contribution in [0.5, 0.6) is 0 Å². The Morgan fingerprint density at radius 1 is 0.818 bits per heavy atom. The molecule has 2 amide bonds. The Bertz CT molecular complexity index is 626. The van der Waals surface area contributed by atoms with E-state index < -0.39 is 0 Å². The average molecular weight is 300 g/mol. The van der Waals surface area contributed by atoms with Crippen molar-refractivity contribution < 1.29 is 18.7 Å². The Kier molecular flexibility index (Phi) is 5.19. The summed E-state index contributed by atoms with van der Waals surface area (Å²) in [5.41, 5.74) is 1.14. The van der Waals surface area contributed by atoms with Gasteiger partial charge in [0.1, 0.15) is 14.1 Å². The molecule has 0 atom stereocenters. The molecule has 0 unspecified atom stereocenters. The van der Waals surface area contributed by atoms with E-state index in [1.807, 2.05) is 50.8 Å². The fraction of sp³-hybridized carbons (Fsp3) is 0.250. The molecule has 2 N–H and O–H groups in total. The summed E-state index contributed by atoms with van der Waals surface area (Å²) in [5, 5.41) is 5.56. The molecule has 0 aliphatic rings. The first-order valence-electron chi connectivity index (χ1n) is 7.05. The van der Waals surface area contributed by atoms with Crippen LogP contribution in [0.1, 0.15) is 21.0 Å². The molecule has 0 saturated carbocycles. The number of amides is 2.